The zero-order valence-corrected chi connectivity index (χ0v) is 10.7. The highest BCUT2D eigenvalue weighted by molar-refractivity contribution is 6.04. The second kappa shape index (κ2) is 5.68. The average Bonchev–Trinajstić information content (AvgIpc) is 2.89. The summed E-state index contributed by atoms with van der Waals surface area (Å²) in [7, 11) is 0. The van der Waals surface area contributed by atoms with Crippen LogP contribution >= 0.6 is 0 Å². The molecule has 0 saturated heterocycles. The lowest BCUT2D eigenvalue weighted by Gasteiger charge is -2.12. The van der Waals surface area contributed by atoms with Crippen LogP contribution in [0.2, 0.25) is 0 Å². The highest BCUT2D eigenvalue weighted by Gasteiger charge is 2.30. The van der Waals surface area contributed by atoms with Gasteiger partial charge in [0.25, 0.3) is 5.91 Å². The van der Waals surface area contributed by atoms with Gasteiger partial charge in [-0.25, -0.2) is 4.39 Å². The van der Waals surface area contributed by atoms with Crippen LogP contribution in [0, 0.1) is 5.82 Å². The third kappa shape index (κ3) is 3.11. The Morgan fingerprint density at radius 1 is 1.45 bits per heavy atom. The van der Waals surface area contributed by atoms with Crippen molar-refractivity contribution in [1.82, 2.24) is 5.32 Å². The molecule has 2 unspecified atom stereocenters. The lowest BCUT2D eigenvalue weighted by atomic mass is 10.0. The summed E-state index contributed by atoms with van der Waals surface area (Å²) < 4.78 is 12.8. The minimum atomic E-state index is -1.13. The number of carboxylic acids is 1. The van der Waals surface area contributed by atoms with Crippen molar-refractivity contribution in [1.29, 1.82) is 0 Å². The molecule has 1 heterocycles. The molecule has 0 aliphatic carbocycles. The Morgan fingerprint density at radius 2 is 2.10 bits per heavy atom. The Bertz CT molecular complexity index is 556. The van der Waals surface area contributed by atoms with Crippen molar-refractivity contribution >= 4 is 17.6 Å². The lowest BCUT2D eigenvalue weighted by molar-refractivity contribution is -0.143. The number of carboxylic acid groups (broad SMARTS) is 1. The summed E-state index contributed by atoms with van der Waals surface area (Å²) in [6.07, 6.45) is -0.652. The van der Waals surface area contributed by atoms with Gasteiger partial charge in [-0.2, -0.15) is 0 Å². The maximum atomic E-state index is 12.8. The number of nitrogens with one attached hydrogen (secondary N) is 1. The highest BCUT2D eigenvalue weighted by atomic mass is 19.1. The van der Waals surface area contributed by atoms with Gasteiger partial charge in [0, 0.05) is 6.42 Å². The molecule has 20 heavy (non-hydrogen) atoms. The van der Waals surface area contributed by atoms with Gasteiger partial charge in [-0.1, -0.05) is 17.3 Å². The number of oxime groups is 1. The minimum Gasteiger partial charge on any atom is -0.480 e. The van der Waals surface area contributed by atoms with E-state index in [1.54, 1.807) is 0 Å². The topological polar surface area (TPSA) is 88.0 Å². The zero-order valence-electron chi connectivity index (χ0n) is 10.7. The van der Waals surface area contributed by atoms with Crippen molar-refractivity contribution in [2.45, 2.75) is 25.5 Å². The standard InChI is InChI=1S/C13H13FN2O4/c1-7(13(18)19)15-12(17)11-6-10(16-20-11)8-2-4-9(14)5-3-8/h2-5,7,11H,6H2,1H3,(H,15,17)(H,18,19). The summed E-state index contributed by atoms with van der Waals surface area (Å²) in [6, 6.07) is 4.66. The molecule has 0 radical (unpaired) electrons. The van der Waals surface area contributed by atoms with Crippen LogP contribution in [-0.2, 0) is 14.4 Å². The van der Waals surface area contributed by atoms with E-state index in [-0.39, 0.29) is 12.2 Å². The third-order valence-electron chi connectivity index (χ3n) is 2.87. The molecule has 1 amide bonds. The van der Waals surface area contributed by atoms with Crippen LogP contribution in [0.15, 0.2) is 29.4 Å². The van der Waals surface area contributed by atoms with E-state index in [2.05, 4.69) is 10.5 Å². The van der Waals surface area contributed by atoms with Crippen molar-refractivity contribution < 1.29 is 23.9 Å². The molecule has 2 N–H and O–H groups in total. The first-order chi connectivity index (χ1) is 9.47. The van der Waals surface area contributed by atoms with Gasteiger partial charge in [0.05, 0.1) is 5.71 Å². The molecule has 2 rings (SSSR count). The van der Waals surface area contributed by atoms with E-state index in [4.69, 9.17) is 9.94 Å². The van der Waals surface area contributed by atoms with Crippen LogP contribution in [-0.4, -0.2) is 34.8 Å². The molecule has 0 bridgehead atoms. The molecule has 0 fully saturated rings. The predicted molar refractivity (Wildman–Crippen MR) is 67.7 cm³/mol. The first-order valence-corrected chi connectivity index (χ1v) is 5.99. The molecular weight excluding hydrogens is 267 g/mol. The summed E-state index contributed by atoms with van der Waals surface area (Å²) in [5.74, 6) is -2.03. The predicted octanol–water partition coefficient (Wildman–Crippen LogP) is 0.908. The maximum absolute atomic E-state index is 12.8. The summed E-state index contributed by atoms with van der Waals surface area (Å²) >= 11 is 0. The number of benzene rings is 1. The molecule has 1 aliphatic rings. The van der Waals surface area contributed by atoms with Crippen LogP contribution in [0.1, 0.15) is 18.9 Å². The Labute approximate surface area is 114 Å². The Kier molecular flexibility index (Phi) is 3.97. The van der Waals surface area contributed by atoms with Gasteiger partial charge >= 0.3 is 5.97 Å². The number of carbonyl (C=O) groups excluding carboxylic acids is 1. The normalized spacial score (nSPS) is 18.9. The molecule has 0 spiro atoms. The summed E-state index contributed by atoms with van der Waals surface area (Å²) in [5, 5.41) is 14.8. The van der Waals surface area contributed by atoms with Crippen LogP contribution < -0.4 is 5.32 Å². The fourth-order valence-electron chi connectivity index (χ4n) is 1.70. The van der Waals surface area contributed by atoms with E-state index in [0.29, 0.717) is 11.3 Å². The number of nitrogens with zero attached hydrogens (tertiary/aromatic N) is 1. The number of aliphatic carboxylic acids is 1. The van der Waals surface area contributed by atoms with Gasteiger partial charge in [0.15, 0.2) is 0 Å². The van der Waals surface area contributed by atoms with Crippen molar-refractivity contribution in [2.75, 3.05) is 0 Å². The molecule has 2 atom stereocenters. The molecule has 7 heteroatoms. The second-order valence-electron chi connectivity index (χ2n) is 4.41. The minimum absolute atomic E-state index is 0.212. The summed E-state index contributed by atoms with van der Waals surface area (Å²) in [4.78, 5) is 27.4. The number of halogens is 1. The average molecular weight is 280 g/mol. The molecule has 0 saturated carbocycles. The van der Waals surface area contributed by atoms with Gasteiger partial charge < -0.3 is 15.3 Å². The van der Waals surface area contributed by atoms with Gasteiger partial charge in [-0.3, -0.25) is 9.59 Å². The van der Waals surface area contributed by atoms with Crippen molar-refractivity contribution in [3.05, 3.63) is 35.6 Å². The van der Waals surface area contributed by atoms with E-state index in [1.165, 1.54) is 31.2 Å². The van der Waals surface area contributed by atoms with Gasteiger partial charge in [-0.05, 0) is 24.6 Å². The molecule has 6 nitrogen and oxygen atoms in total. The molecule has 106 valence electrons. The molecule has 0 aromatic heterocycles. The summed E-state index contributed by atoms with van der Waals surface area (Å²) in [5.41, 5.74) is 1.18. The van der Waals surface area contributed by atoms with E-state index in [0.717, 1.165) is 0 Å². The molecule has 1 aliphatic heterocycles. The van der Waals surface area contributed by atoms with E-state index < -0.39 is 24.0 Å². The van der Waals surface area contributed by atoms with Crippen LogP contribution in [0.3, 0.4) is 0 Å². The Hall–Kier alpha value is -2.44. The molecule has 1 aromatic rings. The third-order valence-corrected chi connectivity index (χ3v) is 2.87. The number of hydrogen-bond acceptors (Lipinski definition) is 4. The van der Waals surface area contributed by atoms with Crippen molar-refractivity contribution in [3.63, 3.8) is 0 Å². The maximum Gasteiger partial charge on any atom is 0.325 e. The first-order valence-electron chi connectivity index (χ1n) is 5.99. The lowest BCUT2D eigenvalue weighted by Crippen LogP contribution is -2.43. The quantitative estimate of drug-likeness (QED) is 0.858. The second-order valence-corrected chi connectivity index (χ2v) is 4.41. The fraction of sp³-hybridized carbons (Fsp3) is 0.308. The monoisotopic (exact) mass is 280 g/mol. The largest absolute Gasteiger partial charge is 0.480 e. The summed E-state index contributed by atoms with van der Waals surface area (Å²) in [6.45, 7) is 1.36. The molecular formula is C13H13FN2O4. The number of rotatable bonds is 4. The highest BCUT2D eigenvalue weighted by Crippen LogP contribution is 2.17. The SMILES string of the molecule is CC(NC(=O)C1CC(c2ccc(F)cc2)=NO1)C(=O)O. The smallest absolute Gasteiger partial charge is 0.325 e. The van der Waals surface area contributed by atoms with Crippen molar-refractivity contribution in [2.24, 2.45) is 5.16 Å². The van der Waals surface area contributed by atoms with Gasteiger partial charge in [0.2, 0.25) is 6.10 Å². The van der Waals surface area contributed by atoms with Gasteiger partial charge in [0.1, 0.15) is 11.9 Å². The first kappa shape index (κ1) is 14.0. The zero-order chi connectivity index (χ0) is 14.7. The van der Waals surface area contributed by atoms with Crippen LogP contribution in [0.25, 0.3) is 0 Å². The molecule has 1 aromatic carbocycles. The number of carbonyl (C=O) groups is 2. The Morgan fingerprint density at radius 3 is 2.70 bits per heavy atom. The van der Waals surface area contributed by atoms with Crippen molar-refractivity contribution in [3.8, 4) is 0 Å². The van der Waals surface area contributed by atoms with Gasteiger partial charge in [-0.15, -0.1) is 0 Å². The van der Waals surface area contributed by atoms with E-state index in [1.807, 2.05) is 0 Å². The number of hydrogen-bond donors (Lipinski definition) is 2. The van der Waals surface area contributed by atoms with E-state index in [9.17, 15) is 14.0 Å². The Balaban J connectivity index is 1.96. The van der Waals surface area contributed by atoms with Crippen LogP contribution in [0.5, 0.6) is 0 Å². The fourth-order valence-corrected chi connectivity index (χ4v) is 1.70. The number of amides is 1. The van der Waals surface area contributed by atoms with E-state index >= 15 is 0 Å². The van der Waals surface area contributed by atoms with Crippen LogP contribution in [0.4, 0.5) is 4.39 Å².